The molecule has 2 nitrogen and oxygen atoms in total. The first kappa shape index (κ1) is 14.2. The Morgan fingerprint density at radius 1 is 1.11 bits per heavy atom. The molecule has 0 aliphatic carbocycles. The molecule has 2 saturated heterocycles. The van der Waals surface area contributed by atoms with Crippen molar-refractivity contribution >= 4 is 0 Å². The van der Waals surface area contributed by atoms with Gasteiger partial charge in [-0.2, -0.15) is 0 Å². The van der Waals surface area contributed by atoms with Gasteiger partial charge in [0.1, 0.15) is 0 Å². The Balaban J connectivity index is 1.93. The summed E-state index contributed by atoms with van der Waals surface area (Å²) in [7, 11) is 0. The molecule has 2 aliphatic rings. The largest absolute Gasteiger partial charge is 0.299 e. The van der Waals surface area contributed by atoms with E-state index in [2.05, 4.69) is 37.5 Å². The molecule has 106 valence electrons. The maximum Gasteiger partial charge on any atom is 0.250 e. The van der Waals surface area contributed by atoms with Crippen LogP contribution in [0.1, 0.15) is 47.0 Å². The second-order valence-electron chi connectivity index (χ2n) is 6.95. The van der Waals surface area contributed by atoms with Crippen molar-refractivity contribution in [1.82, 2.24) is 9.80 Å². The van der Waals surface area contributed by atoms with Gasteiger partial charge in [0, 0.05) is 50.1 Å². The van der Waals surface area contributed by atoms with Gasteiger partial charge in [-0.25, -0.2) is 8.78 Å². The van der Waals surface area contributed by atoms with E-state index >= 15 is 0 Å². The molecule has 0 N–H and O–H groups in total. The van der Waals surface area contributed by atoms with E-state index in [1.807, 2.05) is 0 Å². The zero-order chi connectivity index (χ0) is 13.6. The van der Waals surface area contributed by atoms with Gasteiger partial charge < -0.3 is 0 Å². The number of hydrogen-bond donors (Lipinski definition) is 0. The quantitative estimate of drug-likeness (QED) is 0.715. The van der Waals surface area contributed by atoms with Gasteiger partial charge in [0.2, 0.25) is 0 Å². The van der Waals surface area contributed by atoms with E-state index in [4.69, 9.17) is 0 Å². The van der Waals surface area contributed by atoms with E-state index in [9.17, 15) is 8.78 Å². The average Bonchev–Trinajstić information content (AvgIpc) is 2.59. The highest BCUT2D eigenvalue weighted by Gasteiger charge is 2.41. The van der Waals surface area contributed by atoms with Crippen LogP contribution in [0.5, 0.6) is 0 Å². The summed E-state index contributed by atoms with van der Waals surface area (Å²) in [6.07, 6.45) is 1.18. The molecular formula is C14H26F2N2. The predicted octanol–water partition coefficient (Wildman–Crippen LogP) is 2.98. The SMILES string of the molecule is C[C@H]1CC(N2CCC(F)(F)CC2)CN1C(C)(C)C. The van der Waals surface area contributed by atoms with Gasteiger partial charge in [0.15, 0.2) is 0 Å². The fourth-order valence-corrected chi connectivity index (χ4v) is 3.42. The maximum atomic E-state index is 13.2. The number of nitrogens with zero attached hydrogens (tertiary/aromatic N) is 2. The molecule has 2 heterocycles. The van der Waals surface area contributed by atoms with Crippen molar-refractivity contribution in [3.05, 3.63) is 0 Å². The van der Waals surface area contributed by atoms with Crippen molar-refractivity contribution in [3.63, 3.8) is 0 Å². The summed E-state index contributed by atoms with van der Waals surface area (Å²) in [5.41, 5.74) is 0.174. The lowest BCUT2D eigenvalue weighted by atomic mass is 10.0. The minimum absolute atomic E-state index is 0.0351. The summed E-state index contributed by atoms with van der Waals surface area (Å²) in [6.45, 7) is 11.1. The Morgan fingerprint density at radius 2 is 1.67 bits per heavy atom. The first-order valence-corrected chi connectivity index (χ1v) is 7.08. The molecule has 0 aromatic heterocycles. The number of rotatable bonds is 1. The topological polar surface area (TPSA) is 6.48 Å². The molecular weight excluding hydrogens is 234 g/mol. The third-order valence-corrected chi connectivity index (χ3v) is 4.46. The minimum Gasteiger partial charge on any atom is -0.299 e. The second-order valence-corrected chi connectivity index (χ2v) is 6.95. The third-order valence-electron chi connectivity index (χ3n) is 4.46. The molecule has 0 bridgehead atoms. The van der Waals surface area contributed by atoms with Crippen LogP contribution >= 0.6 is 0 Å². The van der Waals surface area contributed by atoms with Crippen LogP contribution in [0.3, 0.4) is 0 Å². The minimum atomic E-state index is -2.43. The van der Waals surface area contributed by atoms with E-state index in [1.165, 1.54) is 0 Å². The van der Waals surface area contributed by atoms with Gasteiger partial charge in [0.25, 0.3) is 5.92 Å². The van der Waals surface area contributed by atoms with Crippen molar-refractivity contribution in [1.29, 1.82) is 0 Å². The number of hydrogen-bond acceptors (Lipinski definition) is 2. The Bertz CT molecular complexity index is 289. The Kier molecular flexibility index (Phi) is 3.72. The smallest absolute Gasteiger partial charge is 0.250 e. The number of piperidine rings is 1. The normalized spacial score (nSPS) is 35.0. The number of likely N-dealkylation sites (tertiary alicyclic amines) is 2. The van der Waals surface area contributed by atoms with Crippen LogP contribution in [0.15, 0.2) is 0 Å². The molecule has 0 saturated carbocycles. The first-order chi connectivity index (χ1) is 8.19. The van der Waals surface area contributed by atoms with Crippen LogP contribution < -0.4 is 0 Å². The first-order valence-electron chi connectivity index (χ1n) is 7.08. The molecule has 0 aromatic rings. The maximum absolute atomic E-state index is 13.2. The summed E-state index contributed by atoms with van der Waals surface area (Å²) in [6, 6.07) is 1.02. The van der Waals surface area contributed by atoms with Crippen molar-refractivity contribution in [2.75, 3.05) is 19.6 Å². The van der Waals surface area contributed by atoms with E-state index in [0.29, 0.717) is 25.2 Å². The molecule has 1 unspecified atom stereocenters. The standard InChI is InChI=1S/C14H26F2N2/c1-11-9-12(10-18(11)13(2,3)4)17-7-5-14(15,16)6-8-17/h11-12H,5-10H2,1-4H3/t11-,12?/m0/s1. The van der Waals surface area contributed by atoms with Crippen LogP contribution in [0.2, 0.25) is 0 Å². The highest BCUT2D eigenvalue weighted by Crippen LogP contribution is 2.33. The molecule has 0 spiro atoms. The molecule has 18 heavy (non-hydrogen) atoms. The Hall–Kier alpha value is -0.220. The van der Waals surface area contributed by atoms with Crippen LogP contribution in [0.25, 0.3) is 0 Å². The van der Waals surface area contributed by atoms with Gasteiger partial charge in [-0.05, 0) is 34.1 Å². The molecule has 2 aliphatic heterocycles. The highest BCUT2D eigenvalue weighted by molar-refractivity contribution is 4.95. The predicted molar refractivity (Wildman–Crippen MR) is 70.1 cm³/mol. The van der Waals surface area contributed by atoms with E-state index in [-0.39, 0.29) is 18.4 Å². The summed E-state index contributed by atoms with van der Waals surface area (Å²) in [4.78, 5) is 4.78. The van der Waals surface area contributed by atoms with Crippen LogP contribution in [0.4, 0.5) is 8.78 Å². The summed E-state index contributed by atoms with van der Waals surface area (Å²) in [5, 5.41) is 0. The highest BCUT2D eigenvalue weighted by atomic mass is 19.3. The number of halogens is 2. The zero-order valence-electron chi connectivity index (χ0n) is 12.0. The fraction of sp³-hybridized carbons (Fsp3) is 1.00. The van der Waals surface area contributed by atoms with Gasteiger partial charge >= 0.3 is 0 Å². The van der Waals surface area contributed by atoms with E-state index < -0.39 is 5.92 Å². The summed E-state index contributed by atoms with van der Waals surface area (Å²) >= 11 is 0. The molecule has 2 atom stereocenters. The monoisotopic (exact) mass is 260 g/mol. The lowest BCUT2D eigenvalue weighted by molar-refractivity contribution is -0.0626. The fourth-order valence-electron chi connectivity index (χ4n) is 3.42. The average molecular weight is 260 g/mol. The van der Waals surface area contributed by atoms with Crippen molar-refractivity contribution < 1.29 is 8.78 Å². The molecule has 0 radical (unpaired) electrons. The van der Waals surface area contributed by atoms with Gasteiger partial charge in [-0.1, -0.05) is 0 Å². The van der Waals surface area contributed by atoms with Crippen molar-refractivity contribution in [2.45, 2.75) is 70.5 Å². The van der Waals surface area contributed by atoms with Crippen LogP contribution in [0, 0.1) is 0 Å². The molecule has 0 amide bonds. The van der Waals surface area contributed by atoms with Crippen molar-refractivity contribution in [3.8, 4) is 0 Å². The van der Waals surface area contributed by atoms with Gasteiger partial charge in [0.05, 0.1) is 0 Å². The molecule has 2 fully saturated rings. The zero-order valence-corrected chi connectivity index (χ0v) is 12.0. The molecule has 0 aromatic carbocycles. The van der Waals surface area contributed by atoms with E-state index in [1.54, 1.807) is 0 Å². The summed E-state index contributed by atoms with van der Waals surface area (Å²) < 4.78 is 26.3. The lowest BCUT2D eigenvalue weighted by Gasteiger charge is -2.38. The van der Waals surface area contributed by atoms with Gasteiger partial charge in [-0.3, -0.25) is 9.80 Å². The van der Waals surface area contributed by atoms with Crippen LogP contribution in [-0.4, -0.2) is 53.0 Å². The molecule has 2 rings (SSSR count). The van der Waals surface area contributed by atoms with Crippen LogP contribution in [-0.2, 0) is 0 Å². The van der Waals surface area contributed by atoms with E-state index in [0.717, 1.165) is 13.0 Å². The van der Waals surface area contributed by atoms with Gasteiger partial charge in [-0.15, -0.1) is 0 Å². The van der Waals surface area contributed by atoms with Crippen molar-refractivity contribution in [2.24, 2.45) is 0 Å². The third kappa shape index (κ3) is 3.02. The Labute approximate surface area is 109 Å². The summed E-state index contributed by atoms with van der Waals surface area (Å²) in [5.74, 6) is -2.43. The Morgan fingerprint density at radius 3 is 2.11 bits per heavy atom. The molecule has 4 heteroatoms. The number of alkyl halides is 2. The lowest BCUT2D eigenvalue weighted by Crippen LogP contribution is -2.48. The second kappa shape index (κ2) is 4.71.